The van der Waals surface area contributed by atoms with Gasteiger partial charge in [-0.3, -0.25) is 0 Å². The molecule has 5 nitrogen and oxygen atoms in total. The van der Waals surface area contributed by atoms with Gasteiger partial charge in [-0.1, -0.05) is 6.42 Å². The number of hydrogen-bond donors (Lipinski definition) is 1. The number of ether oxygens (including phenoxy) is 1. The van der Waals surface area contributed by atoms with E-state index in [9.17, 15) is 5.11 Å². The molecular weight excluding hydrogens is 290 g/mol. The van der Waals surface area contributed by atoms with Crippen LogP contribution in [0.25, 0.3) is 0 Å². The Morgan fingerprint density at radius 1 is 1.17 bits per heavy atom. The molecule has 126 valence electrons. The van der Waals surface area contributed by atoms with Crippen molar-refractivity contribution in [2.24, 2.45) is 0 Å². The Bertz CT molecular complexity index is 565. The highest BCUT2D eigenvalue weighted by molar-refractivity contribution is 5.35. The molecule has 0 radical (unpaired) electrons. The molecule has 1 N–H and O–H groups in total. The quantitative estimate of drug-likeness (QED) is 0.908. The molecule has 0 bridgehead atoms. The molecule has 0 amide bonds. The number of aryl methyl sites for hydroxylation is 1. The molecule has 3 fully saturated rings. The maximum absolute atomic E-state index is 10.4. The first-order chi connectivity index (χ1) is 11.2. The van der Waals surface area contributed by atoms with E-state index in [1.165, 1.54) is 25.0 Å². The van der Waals surface area contributed by atoms with E-state index >= 15 is 0 Å². The normalized spacial score (nSPS) is 27.9. The molecule has 1 aliphatic carbocycles. The summed E-state index contributed by atoms with van der Waals surface area (Å²) in [5, 5.41) is 10.4. The second-order valence-electron chi connectivity index (χ2n) is 7.42. The Labute approximate surface area is 138 Å². The van der Waals surface area contributed by atoms with Crippen LogP contribution in [-0.2, 0) is 4.74 Å². The van der Waals surface area contributed by atoms with Gasteiger partial charge in [0.25, 0.3) is 0 Å². The molecule has 0 unspecified atom stereocenters. The molecular formula is C18H27N3O2. The Balaban J connectivity index is 1.48. The van der Waals surface area contributed by atoms with Crippen LogP contribution in [0.4, 0.5) is 5.95 Å². The first-order valence-electron chi connectivity index (χ1n) is 9.09. The zero-order valence-electron chi connectivity index (χ0n) is 14.0. The molecule has 2 saturated heterocycles. The van der Waals surface area contributed by atoms with Gasteiger partial charge in [0.2, 0.25) is 5.95 Å². The van der Waals surface area contributed by atoms with Gasteiger partial charge in [-0.05, 0) is 51.5 Å². The lowest BCUT2D eigenvalue weighted by atomic mass is 9.82. The minimum atomic E-state index is -0.324. The van der Waals surface area contributed by atoms with E-state index in [1.807, 2.05) is 0 Å². The summed E-state index contributed by atoms with van der Waals surface area (Å²) < 4.78 is 6.00. The van der Waals surface area contributed by atoms with Crippen molar-refractivity contribution in [3.05, 3.63) is 17.5 Å². The van der Waals surface area contributed by atoms with Crippen molar-refractivity contribution in [2.45, 2.75) is 69.5 Å². The Hall–Kier alpha value is -1.20. The number of hydrogen-bond acceptors (Lipinski definition) is 5. The SMILES string of the molecule is Cc1cc(C2CCC2)nc(N2CCC3(CC2)OCCC[C@H]3O)n1. The second-order valence-corrected chi connectivity index (χ2v) is 7.42. The van der Waals surface area contributed by atoms with Crippen molar-refractivity contribution in [1.29, 1.82) is 0 Å². The van der Waals surface area contributed by atoms with E-state index in [1.54, 1.807) is 0 Å². The smallest absolute Gasteiger partial charge is 0.225 e. The highest BCUT2D eigenvalue weighted by atomic mass is 16.5. The Kier molecular flexibility index (Phi) is 4.01. The van der Waals surface area contributed by atoms with Crippen molar-refractivity contribution in [1.82, 2.24) is 9.97 Å². The lowest BCUT2D eigenvalue weighted by Crippen LogP contribution is -2.55. The highest BCUT2D eigenvalue weighted by Crippen LogP contribution is 2.38. The van der Waals surface area contributed by atoms with Crippen molar-refractivity contribution >= 4 is 5.95 Å². The van der Waals surface area contributed by atoms with Crippen LogP contribution in [0.3, 0.4) is 0 Å². The van der Waals surface area contributed by atoms with E-state index in [-0.39, 0.29) is 11.7 Å². The Morgan fingerprint density at radius 3 is 2.61 bits per heavy atom. The van der Waals surface area contributed by atoms with E-state index in [2.05, 4.69) is 22.9 Å². The van der Waals surface area contributed by atoms with Crippen LogP contribution in [0.1, 0.15) is 62.3 Å². The zero-order valence-corrected chi connectivity index (χ0v) is 14.0. The fraction of sp³-hybridized carbons (Fsp3) is 0.778. The second kappa shape index (κ2) is 6.02. The molecule has 1 aromatic rings. The highest BCUT2D eigenvalue weighted by Gasteiger charge is 2.44. The van der Waals surface area contributed by atoms with Crippen LogP contribution in [0, 0.1) is 6.92 Å². The summed E-state index contributed by atoms with van der Waals surface area (Å²) >= 11 is 0. The minimum Gasteiger partial charge on any atom is -0.390 e. The predicted molar refractivity (Wildman–Crippen MR) is 88.7 cm³/mol. The van der Waals surface area contributed by atoms with E-state index in [0.29, 0.717) is 5.92 Å². The average Bonchev–Trinajstić information content (AvgIpc) is 2.49. The summed E-state index contributed by atoms with van der Waals surface area (Å²) in [6, 6.07) is 2.15. The van der Waals surface area contributed by atoms with Crippen LogP contribution in [0.2, 0.25) is 0 Å². The van der Waals surface area contributed by atoms with Crippen LogP contribution in [0.5, 0.6) is 0 Å². The maximum atomic E-state index is 10.4. The maximum Gasteiger partial charge on any atom is 0.225 e. The lowest BCUT2D eigenvalue weighted by Gasteiger charge is -2.46. The monoisotopic (exact) mass is 317 g/mol. The first kappa shape index (κ1) is 15.3. The van der Waals surface area contributed by atoms with Gasteiger partial charge < -0.3 is 14.7 Å². The summed E-state index contributed by atoms with van der Waals surface area (Å²) in [6.07, 6.45) is 7.10. The summed E-state index contributed by atoms with van der Waals surface area (Å²) in [5.74, 6) is 1.50. The molecule has 1 saturated carbocycles. The molecule has 3 aliphatic rings. The number of aliphatic hydroxyl groups is 1. The number of piperidine rings is 1. The fourth-order valence-electron chi connectivity index (χ4n) is 4.11. The molecule has 1 spiro atoms. The Morgan fingerprint density at radius 2 is 1.96 bits per heavy atom. The summed E-state index contributed by atoms with van der Waals surface area (Å²) in [5.41, 5.74) is 1.95. The summed E-state index contributed by atoms with van der Waals surface area (Å²) in [7, 11) is 0. The van der Waals surface area contributed by atoms with Crippen molar-refractivity contribution < 1.29 is 9.84 Å². The third-order valence-electron chi connectivity index (χ3n) is 5.90. The van der Waals surface area contributed by atoms with Crippen molar-refractivity contribution in [3.63, 3.8) is 0 Å². The summed E-state index contributed by atoms with van der Waals surface area (Å²) in [6.45, 7) is 4.58. The van der Waals surface area contributed by atoms with Gasteiger partial charge in [-0.25, -0.2) is 9.97 Å². The third kappa shape index (κ3) is 2.85. The van der Waals surface area contributed by atoms with Gasteiger partial charge in [-0.2, -0.15) is 0 Å². The zero-order chi connectivity index (χ0) is 15.9. The molecule has 1 aromatic heterocycles. The van der Waals surface area contributed by atoms with Crippen molar-refractivity contribution in [3.8, 4) is 0 Å². The van der Waals surface area contributed by atoms with Crippen LogP contribution >= 0.6 is 0 Å². The molecule has 3 heterocycles. The topological polar surface area (TPSA) is 58.5 Å². The molecule has 4 rings (SSSR count). The number of anilines is 1. The largest absolute Gasteiger partial charge is 0.390 e. The first-order valence-corrected chi connectivity index (χ1v) is 9.09. The van der Waals surface area contributed by atoms with Crippen LogP contribution in [-0.4, -0.2) is 46.5 Å². The van der Waals surface area contributed by atoms with Crippen molar-refractivity contribution in [2.75, 3.05) is 24.6 Å². The molecule has 2 aliphatic heterocycles. The summed E-state index contributed by atoms with van der Waals surface area (Å²) in [4.78, 5) is 11.8. The number of nitrogens with zero attached hydrogens (tertiary/aromatic N) is 3. The van der Waals surface area contributed by atoms with Gasteiger partial charge in [-0.15, -0.1) is 0 Å². The molecule has 5 heteroatoms. The average molecular weight is 317 g/mol. The van der Waals surface area contributed by atoms with E-state index in [4.69, 9.17) is 9.72 Å². The van der Waals surface area contributed by atoms with Gasteiger partial charge in [0.05, 0.1) is 11.7 Å². The van der Waals surface area contributed by atoms with Gasteiger partial charge in [0, 0.05) is 37.0 Å². The predicted octanol–water partition coefficient (Wildman–Crippen LogP) is 2.56. The number of aromatic nitrogens is 2. The van der Waals surface area contributed by atoms with E-state index in [0.717, 1.165) is 57.0 Å². The van der Waals surface area contributed by atoms with Gasteiger partial charge >= 0.3 is 0 Å². The van der Waals surface area contributed by atoms with E-state index < -0.39 is 0 Å². The van der Waals surface area contributed by atoms with Crippen LogP contribution < -0.4 is 4.90 Å². The fourth-order valence-corrected chi connectivity index (χ4v) is 4.11. The van der Waals surface area contributed by atoms with Crippen LogP contribution in [0.15, 0.2) is 6.07 Å². The minimum absolute atomic E-state index is 0.317. The standard InChI is InChI=1S/C18H27N3O2/c1-13-12-15(14-4-2-5-14)20-17(19-13)21-9-7-18(8-10-21)16(22)6-3-11-23-18/h12,14,16,22H,2-11H2,1H3/t16-/m1/s1. The molecule has 23 heavy (non-hydrogen) atoms. The number of aliphatic hydroxyl groups excluding tert-OH is 1. The lowest BCUT2D eigenvalue weighted by molar-refractivity contribution is -0.164. The van der Waals surface area contributed by atoms with Gasteiger partial charge in [0.15, 0.2) is 0 Å². The molecule has 0 aromatic carbocycles. The van der Waals surface area contributed by atoms with Gasteiger partial charge in [0.1, 0.15) is 0 Å². The third-order valence-corrected chi connectivity index (χ3v) is 5.90. The molecule has 1 atom stereocenters. The number of rotatable bonds is 2.